The second kappa shape index (κ2) is 8.10. The van der Waals surface area contributed by atoms with Crippen LogP contribution in [0.1, 0.15) is 60.8 Å². The average Bonchev–Trinajstić information content (AvgIpc) is 2.26. The first-order chi connectivity index (χ1) is 7.88. The maximum absolute atomic E-state index is 3.63. The Hall–Kier alpha value is -0.0800. The minimum Gasteiger partial charge on any atom is -0.314 e. The molecule has 0 amide bonds. The summed E-state index contributed by atoms with van der Waals surface area (Å²) in [4.78, 5) is 2.53. The first kappa shape index (κ1) is 16.9. The lowest BCUT2D eigenvalue weighted by Crippen LogP contribution is -2.48. The zero-order chi connectivity index (χ0) is 13.5. The number of nitrogens with one attached hydrogen (secondary N) is 1. The van der Waals surface area contributed by atoms with Gasteiger partial charge >= 0.3 is 0 Å². The van der Waals surface area contributed by atoms with Crippen LogP contribution in [0, 0.1) is 5.41 Å². The fourth-order valence-corrected chi connectivity index (χ4v) is 2.46. The molecule has 1 atom stereocenters. The van der Waals surface area contributed by atoms with Crippen molar-refractivity contribution in [3.8, 4) is 0 Å². The van der Waals surface area contributed by atoms with E-state index in [2.05, 4.69) is 58.8 Å². The number of hydrogen-bond acceptors (Lipinski definition) is 2. The van der Waals surface area contributed by atoms with E-state index in [9.17, 15) is 0 Å². The summed E-state index contributed by atoms with van der Waals surface area (Å²) in [6.07, 6.45) is 3.71. The monoisotopic (exact) mass is 242 g/mol. The normalized spacial score (nSPS) is 14.6. The van der Waals surface area contributed by atoms with Crippen molar-refractivity contribution in [1.29, 1.82) is 0 Å². The molecule has 0 heterocycles. The Morgan fingerprint density at radius 2 is 1.65 bits per heavy atom. The summed E-state index contributed by atoms with van der Waals surface area (Å²) in [6.45, 7) is 16.2. The lowest BCUT2D eigenvalue weighted by Gasteiger charge is -2.39. The average molecular weight is 242 g/mol. The number of nitrogens with zero attached hydrogens (tertiary/aromatic N) is 1. The summed E-state index contributed by atoms with van der Waals surface area (Å²) < 4.78 is 0. The van der Waals surface area contributed by atoms with Crippen LogP contribution in [0.2, 0.25) is 0 Å². The van der Waals surface area contributed by atoms with Crippen molar-refractivity contribution in [1.82, 2.24) is 10.2 Å². The highest BCUT2D eigenvalue weighted by atomic mass is 15.1. The van der Waals surface area contributed by atoms with Crippen molar-refractivity contribution in [2.24, 2.45) is 5.41 Å². The van der Waals surface area contributed by atoms with Gasteiger partial charge in [-0.3, -0.25) is 0 Å². The Balaban J connectivity index is 4.30. The minimum atomic E-state index is 0.326. The van der Waals surface area contributed by atoms with Crippen molar-refractivity contribution in [2.75, 3.05) is 20.1 Å². The summed E-state index contributed by atoms with van der Waals surface area (Å²) in [5.41, 5.74) is 0.326. The summed E-state index contributed by atoms with van der Waals surface area (Å²) in [7, 11) is 2.27. The highest BCUT2D eigenvalue weighted by molar-refractivity contribution is 4.84. The molecule has 0 rings (SSSR count). The molecule has 0 bridgehead atoms. The van der Waals surface area contributed by atoms with Crippen LogP contribution >= 0.6 is 0 Å². The maximum Gasteiger partial charge on any atom is 0.0102 e. The van der Waals surface area contributed by atoms with Gasteiger partial charge in [0, 0.05) is 18.6 Å². The molecule has 0 aliphatic carbocycles. The van der Waals surface area contributed by atoms with Crippen molar-refractivity contribution >= 4 is 0 Å². The van der Waals surface area contributed by atoms with E-state index in [-0.39, 0.29) is 0 Å². The van der Waals surface area contributed by atoms with E-state index in [1.165, 1.54) is 19.3 Å². The molecule has 17 heavy (non-hydrogen) atoms. The van der Waals surface area contributed by atoms with Crippen LogP contribution in [0.25, 0.3) is 0 Å². The standard InChI is InChI=1S/C15H34N2/c1-8-11-16-13(4)15(5,6)12-17(7)14(9-2)10-3/h13-14,16H,8-12H2,1-7H3. The third-order valence-electron chi connectivity index (χ3n) is 4.10. The van der Waals surface area contributed by atoms with Crippen LogP contribution in [-0.4, -0.2) is 37.1 Å². The van der Waals surface area contributed by atoms with Gasteiger partial charge in [-0.15, -0.1) is 0 Å². The van der Waals surface area contributed by atoms with Crippen LogP contribution in [0.15, 0.2) is 0 Å². The molecule has 0 aromatic carbocycles. The third kappa shape index (κ3) is 5.87. The molecule has 0 saturated carbocycles. The predicted molar refractivity (Wildman–Crippen MR) is 78.5 cm³/mol. The molecule has 2 nitrogen and oxygen atoms in total. The SMILES string of the molecule is CCCNC(C)C(C)(C)CN(C)C(CC)CC. The van der Waals surface area contributed by atoms with Crippen LogP contribution < -0.4 is 5.32 Å². The summed E-state index contributed by atoms with van der Waals surface area (Å²) in [5, 5.41) is 3.63. The fraction of sp³-hybridized carbons (Fsp3) is 1.00. The van der Waals surface area contributed by atoms with Gasteiger partial charge < -0.3 is 10.2 Å². The molecule has 0 aliphatic heterocycles. The van der Waals surface area contributed by atoms with E-state index in [4.69, 9.17) is 0 Å². The summed E-state index contributed by atoms with van der Waals surface area (Å²) >= 11 is 0. The van der Waals surface area contributed by atoms with Gasteiger partial charge in [-0.25, -0.2) is 0 Å². The van der Waals surface area contributed by atoms with Gasteiger partial charge in [0.25, 0.3) is 0 Å². The molecule has 0 fully saturated rings. The van der Waals surface area contributed by atoms with E-state index in [0.717, 1.165) is 19.1 Å². The molecule has 0 saturated heterocycles. The Bertz CT molecular complexity index is 185. The Morgan fingerprint density at radius 3 is 2.06 bits per heavy atom. The lowest BCUT2D eigenvalue weighted by atomic mass is 9.84. The lowest BCUT2D eigenvalue weighted by molar-refractivity contribution is 0.125. The van der Waals surface area contributed by atoms with Crippen molar-refractivity contribution < 1.29 is 0 Å². The zero-order valence-corrected chi connectivity index (χ0v) is 13.1. The van der Waals surface area contributed by atoms with Crippen LogP contribution in [0.3, 0.4) is 0 Å². The van der Waals surface area contributed by atoms with E-state index in [1.807, 2.05) is 0 Å². The second-order valence-electron chi connectivity index (χ2n) is 6.05. The molecule has 104 valence electrons. The Morgan fingerprint density at radius 1 is 1.12 bits per heavy atom. The third-order valence-corrected chi connectivity index (χ3v) is 4.10. The van der Waals surface area contributed by atoms with Crippen molar-refractivity contribution in [3.05, 3.63) is 0 Å². The van der Waals surface area contributed by atoms with Gasteiger partial charge in [0.2, 0.25) is 0 Å². The second-order valence-corrected chi connectivity index (χ2v) is 6.05. The minimum absolute atomic E-state index is 0.326. The number of hydrogen-bond donors (Lipinski definition) is 1. The van der Waals surface area contributed by atoms with E-state index >= 15 is 0 Å². The maximum atomic E-state index is 3.63. The molecule has 1 N–H and O–H groups in total. The molecule has 0 aliphatic rings. The molecular weight excluding hydrogens is 208 g/mol. The molecule has 0 aromatic rings. The van der Waals surface area contributed by atoms with Crippen LogP contribution in [0.4, 0.5) is 0 Å². The Labute approximate surface area is 109 Å². The smallest absolute Gasteiger partial charge is 0.0102 e. The van der Waals surface area contributed by atoms with E-state index in [0.29, 0.717) is 11.5 Å². The van der Waals surface area contributed by atoms with Crippen LogP contribution in [-0.2, 0) is 0 Å². The van der Waals surface area contributed by atoms with E-state index < -0.39 is 0 Å². The van der Waals surface area contributed by atoms with Crippen molar-refractivity contribution in [3.63, 3.8) is 0 Å². The summed E-state index contributed by atoms with van der Waals surface area (Å²) in [6, 6.07) is 1.30. The van der Waals surface area contributed by atoms with E-state index in [1.54, 1.807) is 0 Å². The Kier molecular flexibility index (Phi) is 8.06. The van der Waals surface area contributed by atoms with Crippen LogP contribution in [0.5, 0.6) is 0 Å². The molecule has 0 radical (unpaired) electrons. The highest BCUT2D eigenvalue weighted by Gasteiger charge is 2.28. The fourth-order valence-electron chi connectivity index (χ4n) is 2.46. The largest absolute Gasteiger partial charge is 0.314 e. The summed E-state index contributed by atoms with van der Waals surface area (Å²) in [5.74, 6) is 0. The molecular formula is C15H34N2. The predicted octanol–water partition coefficient (Wildman–Crippen LogP) is 3.52. The van der Waals surface area contributed by atoms with Gasteiger partial charge in [0.1, 0.15) is 0 Å². The first-order valence-electron chi connectivity index (χ1n) is 7.32. The highest BCUT2D eigenvalue weighted by Crippen LogP contribution is 2.23. The van der Waals surface area contributed by atoms with Gasteiger partial charge in [0.15, 0.2) is 0 Å². The molecule has 1 unspecified atom stereocenters. The zero-order valence-electron chi connectivity index (χ0n) is 13.1. The first-order valence-corrected chi connectivity index (χ1v) is 7.32. The number of rotatable bonds is 9. The molecule has 0 spiro atoms. The quantitative estimate of drug-likeness (QED) is 0.665. The van der Waals surface area contributed by atoms with Crippen molar-refractivity contribution in [2.45, 2.75) is 72.9 Å². The van der Waals surface area contributed by atoms with Gasteiger partial charge in [-0.05, 0) is 45.2 Å². The topological polar surface area (TPSA) is 15.3 Å². The molecule has 2 heteroatoms. The molecule has 0 aromatic heterocycles. The van der Waals surface area contributed by atoms with Gasteiger partial charge in [-0.1, -0.05) is 34.6 Å². The van der Waals surface area contributed by atoms with Gasteiger partial charge in [-0.2, -0.15) is 0 Å². The van der Waals surface area contributed by atoms with Gasteiger partial charge in [0.05, 0.1) is 0 Å².